The molecule has 0 aliphatic carbocycles. The van der Waals surface area contributed by atoms with E-state index in [4.69, 9.17) is 0 Å². The van der Waals surface area contributed by atoms with Crippen LogP contribution in [0.15, 0.2) is 30.7 Å². The van der Waals surface area contributed by atoms with E-state index in [2.05, 4.69) is 25.5 Å². The number of hydrogen-bond acceptors (Lipinski definition) is 5. The minimum Gasteiger partial charge on any atom is -0.363 e. The molecule has 0 bridgehead atoms. The number of nitrogens with zero attached hydrogens (tertiary/aromatic N) is 4. The lowest BCUT2D eigenvalue weighted by Gasteiger charge is -2.06. The lowest BCUT2D eigenvalue weighted by atomic mass is 10.3. The van der Waals surface area contributed by atoms with Gasteiger partial charge in [-0.1, -0.05) is 0 Å². The van der Waals surface area contributed by atoms with Crippen LogP contribution in [0.5, 0.6) is 0 Å². The Kier molecular flexibility index (Phi) is 3.35. The predicted molar refractivity (Wildman–Crippen MR) is 56.4 cm³/mol. The van der Waals surface area contributed by atoms with Crippen LogP contribution in [0.3, 0.4) is 0 Å². The molecule has 94 valence electrons. The molecule has 0 atom stereocenters. The highest BCUT2D eigenvalue weighted by molar-refractivity contribution is 5.33. The molecule has 5 nitrogen and oxygen atoms in total. The fourth-order valence-corrected chi connectivity index (χ4v) is 1.18. The average molecular weight is 255 g/mol. The van der Waals surface area contributed by atoms with Crippen LogP contribution >= 0.6 is 0 Å². The van der Waals surface area contributed by atoms with Crippen LogP contribution in [0.25, 0.3) is 0 Å². The van der Waals surface area contributed by atoms with Gasteiger partial charge in [-0.2, -0.15) is 13.2 Å². The maximum atomic E-state index is 12.2. The van der Waals surface area contributed by atoms with E-state index in [-0.39, 0.29) is 5.82 Å². The zero-order valence-electron chi connectivity index (χ0n) is 9.02. The van der Waals surface area contributed by atoms with Gasteiger partial charge in [0, 0.05) is 6.20 Å². The van der Waals surface area contributed by atoms with Crippen LogP contribution in [0, 0.1) is 0 Å². The molecule has 0 fully saturated rings. The third-order valence-corrected chi connectivity index (χ3v) is 2.05. The van der Waals surface area contributed by atoms with E-state index < -0.39 is 11.9 Å². The Morgan fingerprint density at radius 1 is 1.11 bits per heavy atom. The number of anilines is 1. The summed E-state index contributed by atoms with van der Waals surface area (Å²) in [6, 6.07) is 3.77. The van der Waals surface area contributed by atoms with Crippen molar-refractivity contribution in [2.75, 3.05) is 5.32 Å². The number of alkyl halides is 3. The van der Waals surface area contributed by atoms with Crippen LogP contribution in [0.1, 0.15) is 11.4 Å². The molecule has 2 heterocycles. The second-order valence-corrected chi connectivity index (χ2v) is 3.36. The van der Waals surface area contributed by atoms with Gasteiger partial charge in [0.25, 0.3) is 0 Å². The molecule has 8 heteroatoms. The predicted octanol–water partition coefficient (Wildman–Crippen LogP) is 1.90. The van der Waals surface area contributed by atoms with Gasteiger partial charge in [0.2, 0.25) is 0 Å². The third-order valence-electron chi connectivity index (χ3n) is 2.05. The molecule has 0 saturated heterocycles. The Labute approximate surface area is 100 Å². The van der Waals surface area contributed by atoms with Crippen molar-refractivity contribution in [1.29, 1.82) is 0 Å². The first kappa shape index (κ1) is 12.2. The second kappa shape index (κ2) is 4.94. The van der Waals surface area contributed by atoms with Crippen LogP contribution in [-0.4, -0.2) is 20.2 Å². The zero-order valence-corrected chi connectivity index (χ0v) is 9.02. The summed E-state index contributed by atoms with van der Waals surface area (Å²) in [7, 11) is 0. The Balaban J connectivity index is 1.99. The van der Waals surface area contributed by atoms with Crippen molar-refractivity contribution in [2.24, 2.45) is 0 Å². The number of nitrogens with one attached hydrogen (secondary N) is 1. The second-order valence-electron chi connectivity index (χ2n) is 3.36. The fraction of sp³-hybridized carbons (Fsp3) is 0.200. The first-order chi connectivity index (χ1) is 8.55. The summed E-state index contributed by atoms with van der Waals surface area (Å²) in [5, 5.41) is 9.34. The minimum absolute atomic E-state index is 0.251. The number of rotatable bonds is 3. The third kappa shape index (κ3) is 3.12. The van der Waals surface area contributed by atoms with Gasteiger partial charge in [0.1, 0.15) is 12.1 Å². The monoisotopic (exact) mass is 255 g/mol. The quantitative estimate of drug-likeness (QED) is 0.907. The largest absolute Gasteiger partial charge is 0.435 e. The van der Waals surface area contributed by atoms with Crippen molar-refractivity contribution in [1.82, 2.24) is 20.2 Å². The summed E-state index contributed by atoms with van der Waals surface area (Å²) < 4.78 is 36.7. The normalized spacial score (nSPS) is 11.3. The molecule has 0 radical (unpaired) electrons. The van der Waals surface area contributed by atoms with Crippen LogP contribution < -0.4 is 5.32 Å². The van der Waals surface area contributed by atoms with Gasteiger partial charge in [0.15, 0.2) is 5.69 Å². The molecule has 0 saturated carbocycles. The van der Waals surface area contributed by atoms with Gasteiger partial charge in [0.05, 0.1) is 12.2 Å². The summed E-state index contributed by atoms with van der Waals surface area (Å²) >= 11 is 0. The van der Waals surface area contributed by atoms with Crippen molar-refractivity contribution in [2.45, 2.75) is 12.7 Å². The maximum absolute atomic E-state index is 12.2. The number of hydrogen-bond donors (Lipinski definition) is 1. The average Bonchev–Trinajstić information content (AvgIpc) is 2.37. The van der Waals surface area contributed by atoms with Gasteiger partial charge in [-0.05, 0) is 18.2 Å². The summed E-state index contributed by atoms with van der Waals surface area (Å²) in [4.78, 5) is 7.70. The Morgan fingerprint density at radius 3 is 2.50 bits per heavy atom. The smallest absolute Gasteiger partial charge is 0.363 e. The van der Waals surface area contributed by atoms with Crippen LogP contribution in [0.2, 0.25) is 0 Å². The number of aromatic nitrogens is 4. The fourth-order valence-electron chi connectivity index (χ4n) is 1.18. The first-order valence-corrected chi connectivity index (χ1v) is 4.95. The molecular weight excluding hydrogens is 247 g/mol. The minimum atomic E-state index is -4.47. The van der Waals surface area contributed by atoms with Gasteiger partial charge in [-0.3, -0.25) is 0 Å². The van der Waals surface area contributed by atoms with E-state index in [0.717, 1.165) is 6.07 Å². The summed E-state index contributed by atoms with van der Waals surface area (Å²) in [5.74, 6) is 0.251. The molecule has 0 unspecified atom stereocenters. The number of halogens is 3. The van der Waals surface area contributed by atoms with Crippen molar-refractivity contribution >= 4 is 5.82 Å². The van der Waals surface area contributed by atoms with Crippen molar-refractivity contribution in [3.8, 4) is 0 Å². The van der Waals surface area contributed by atoms with E-state index in [1.165, 1.54) is 12.4 Å². The topological polar surface area (TPSA) is 63.6 Å². The van der Waals surface area contributed by atoms with Crippen LogP contribution in [-0.2, 0) is 12.7 Å². The van der Waals surface area contributed by atoms with Crippen LogP contribution in [0.4, 0.5) is 19.0 Å². The highest BCUT2D eigenvalue weighted by atomic mass is 19.4. The molecular formula is C10H8F3N5. The Morgan fingerprint density at radius 2 is 1.94 bits per heavy atom. The standard InChI is InChI=1S/C10H8F3N5/c11-10(12,13)8-1-2-9(18-17-8)15-5-7-3-4-14-6-16-7/h1-4,6H,5H2,(H,15,18). The summed E-state index contributed by atoms with van der Waals surface area (Å²) in [6.07, 6.45) is -1.52. The Hall–Kier alpha value is -2.25. The van der Waals surface area contributed by atoms with Crippen molar-refractivity contribution in [3.05, 3.63) is 42.1 Å². The molecule has 2 aromatic heterocycles. The van der Waals surface area contributed by atoms with Crippen molar-refractivity contribution < 1.29 is 13.2 Å². The van der Waals surface area contributed by atoms with Crippen molar-refractivity contribution in [3.63, 3.8) is 0 Å². The van der Waals surface area contributed by atoms with Gasteiger partial charge >= 0.3 is 6.18 Å². The Bertz CT molecular complexity index is 497. The lowest BCUT2D eigenvalue weighted by Crippen LogP contribution is -2.10. The van der Waals surface area contributed by atoms with E-state index >= 15 is 0 Å². The SMILES string of the molecule is FC(F)(F)c1ccc(NCc2ccncn2)nn1. The highest BCUT2D eigenvalue weighted by Crippen LogP contribution is 2.27. The zero-order chi connectivity index (χ0) is 13.0. The van der Waals surface area contributed by atoms with Gasteiger partial charge < -0.3 is 5.32 Å². The summed E-state index contributed by atoms with van der Waals surface area (Å²) in [5.41, 5.74) is -0.318. The molecule has 0 aliphatic rings. The molecule has 0 amide bonds. The molecule has 0 spiro atoms. The molecule has 2 rings (SSSR count). The summed E-state index contributed by atoms with van der Waals surface area (Å²) in [6.45, 7) is 0.336. The van der Waals surface area contributed by atoms with E-state index in [9.17, 15) is 13.2 Å². The van der Waals surface area contributed by atoms with E-state index in [0.29, 0.717) is 12.2 Å². The molecule has 2 aromatic rings. The van der Waals surface area contributed by atoms with Gasteiger partial charge in [-0.25, -0.2) is 9.97 Å². The molecule has 1 N–H and O–H groups in total. The molecule has 0 aliphatic heterocycles. The molecule has 0 aromatic carbocycles. The van der Waals surface area contributed by atoms with Gasteiger partial charge in [-0.15, -0.1) is 10.2 Å². The van der Waals surface area contributed by atoms with E-state index in [1.54, 1.807) is 12.3 Å². The van der Waals surface area contributed by atoms with E-state index in [1.807, 2.05) is 0 Å². The lowest BCUT2D eigenvalue weighted by molar-refractivity contribution is -0.141. The molecule has 18 heavy (non-hydrogen) atoms. The first-order valence-electron chi connectivity index (χ1n) is 4.95. The maximum Gasteiger partial charge on any atom is 0.435 e. The highest BCUT2D eigenvalue weighted by Gasteiger charge is 2.32.